The molecule has 8 rings (SSSR count). The van der Waals surface area contributed by atoms with Gasteiger partial charge in [0.2, 0.25) is 5.60 Å². The molecule has 2 N–H and O–H groups in total. The number of benzene rings is 3. The molecule has 3 aromatic carbocycles. The van der Waals surface area contributed by atoms with Crippen molar-refractivity contribution in [3.05, 3.63) is 58.7 Å². The van der Waals surface area contributed by atoms with Crippen molar-refractivity contribution in [3.63, 3.8) is 0 Å². The molecular weight excluding hydrogens is 571 g/mol. The number of methoxy groups -OCH3 is 1. The average Bonchev–Trinajstić information content (AvgIpc) is 3.70. The summed E-state index contributed by atoms with van der Waals surface area (Å²) in [5.74, 6) is 2.98. The first kappa shape index (κ1) is 26.4. The Morgan fingerprint density at radius 2 is 1.64 bits per heavy atom. The SMILES string of the molecule is CCSCc1ccc2c(c1)c1c3c(c4c5cc(CSCC)ccc5n5c4c1n2[C@H]1O[C@@H]5C[C@]1(O)C(=O)OC)C(=O)NC3. The van der Waals surface area contributed by atoms with E-state index in [2.05, 4.69) is 60.1 Å². The van der Waals surface area contributed by atoms with Crippen LogP contribution in [0.25, 0.3) is 43.6 Å². The van der Waals surface area contributed by atoms with Crippen LogP contribution >= 0.6 is 23.5 Å². The van der Waals surface area contributed by atoms with Crippen LogP contribution in [0.3, 0.4) is 0 Å². The predicted molar refractivity (Wildman–Crippen MR) is 168 cm³/mol. The van der Waals surface area contributed by atoms with Crippen molar-refractivity contribution in [3.8, 4) is 0 Å². The molecule has 0 spiro atoms. The molecule has 10 heteroatoms. The van der Waals surface area contributed by atoms with Crippen LogP contribution in [0.5, 0.6) is 0 Å². The number of amides is 1. The number of carbonyl (C=O) groups is 2. The highest BCUT2D eigenvalue weighted by atomic mass is 32.2. The first-order valence-electron chi connectivity index (χ1n) is 14.4. The molecule has 2 bridgehead atoms. The molecular formula is C32H31N3O5S2. The molecule has 8 nitrogen and oxygen atoms in total. The van der Waals surface area contributed by atoms with Crippen LogP contribution < -0.4 is 5.32 Å². The monoisotopic (exact) mass is 601 g/mol. The standard InChI is InChI=1S/C32H31N3O5S2/c1-4-41-14-16-7-9-22-18(10-16)24-20-13-33-29(36)26(20)25-19-11-17(15-42-5-2)6-8-21(19)34-23-12-32(38,31(37)39-3)30(40-23)35(22)27(24)28(25)34/h6-11,23,30,38H,4-5,12-15H2,1-3H3,(H,33,36)/t23-,30+,32-/m1/s1. The zero-order valence-electron chi connectivity index (χ0n) is 23.7. The summed E-state index contributed by atoms with van der Waals surface area (Å²) in [6.07, 6.45) is -1.59. The van der Waals surface area contributed by atoms with E-state index in [4.69, 9.17) is 9.47 Å². The summed E-state index contributed by atoms with van der Waals surface area (Å²) in [5.41, 5.74) is 5.73. The number of aliphatic hydroxyl groups is 1. The van der Waals surface area contributed by atoms with Gasteiger partial charge in [-0.3, -0.25) is 4.79 Å². The quantitative estimate of drug-likeness (QED) is 0.222. The zero-order valence-corrected chi connectivity index (χ0v) is 25.3. The lowest BCUT2D eigenvalue weighted by Gasteiger charge is -2.28. The number of esters is 1. The Morgan fingerprint density at radius 3 is 2.29 bits per heavy atom. The maximum atomic E-state index is 13.6. The third kappa shape index (κ3) is 3.35. The number of ether oxygens (including phenoxy) is 2. The second kappa shape index (κ2) is 9.41. The highest BCUT2D eigenvalue weighted by Gasteiger charge is 2.58. The van der Waals surface area contributed by atoms with Crippen LogP contribution in [-0.4, -0.2) is 50.3 Å². The number of rotatable bonds is 7. The van der Waals surface area contributed by atoms with E-state index >= 15 is 0 Å². The van der Waals surface area contributed by atoms with Gasteiger partial charge in [0.1, 0.15) is 6.23 Å². The first-order chi connectivity index (χ1) is 20.4. The van der Waals surface area contributed by atoms with Gasteiger partial charge in [-0.1, -0.05) is 26.0 Å². The van der Waals surface area contributed by atoms with Crippen LogP contribution in [0.15, 0.2) is 36.4 Å². The Bertz CT molecular complexity index is 2000. The maximum Gasteiger partial charge on any atom is 0.342 e. The van der Waals surface area contributed by atoms with Crippen LogP contribution in [0.2, 0.25) is 0 Å². The van der Waals surface area contributed by atoms with Crippen LogP contribution in [0, 0.1) is 0 Å². The van der Waals surface area contributed by atoms with Gasteiger partial charge in [-0.2, -0.15) is 23.5 Å². The number of nitrogens with zero attached hydrogens (tertiary/aromatic N) is 2. The van der Waals surface area contributed by atoms with Gasteiger partial charge in [-0.05, 0) is 52.5 Å². The van der Waals surface area contributed by atoms with Gasteiger partial charge in [-0.25, -0.2) is 4.79 Å². The van der Waals surface area contributed by atoms with Gasteiger partial charge in [0.25, 0.3) is 5.91 Å². The molecule has 3 atom stereocenters. The lowest BCUT2D eigenvalue weighted by Crippen LogP contribution is -2.44. The third-order valence-corrected chi connectivity index (χ3v) is 10.9. The van der Waals surface area contributed by atoms with Gasteiger partial charge in [0.15, 0.2) is 6.23 Å². The topological polar surface area (TPSA) is 94.7 Å². The van der Waals surface area contributed by atoms with Crippen molar-refractivity contribution in [2.45, 2.75) is 56.4 Å². The van der Waals surface area contributed by atoms with Gasteiger partial charge >= 0.3 is 5.97 Å². The molecule has 0 radical (unpaired) electrons. The normalized spacial score (nSPS) is 22.5. The lowest BCUT2D eigenvalue weighted by molar-refractivity contribution is -0.174. The van der Waals surface area contributed by atoms with E-state index in [1.165, 1.54) is 18.2 Å². The highest BCUT2D eigenvalue weighted by molar-refractivity contribution is 7.98. The van der Waals surface area contributed by atoms with E-state index in [9.17, 15) is 14.7 Å². The molecule has 1 amide bonds. The molecule has 5 heterocycles. The number of fused-ring (bicyclic) bond motifs is 13. The third-order valence-electron chi connectivity index (χ3n) is 9.05. The average molecular weight is 602 g/mol. The van der Waals surface area contributed by atoms with Crippen molar-refractivity contribution < 1.29 is 24.2 Å². The number of aromatic nitrogens is 2. The lowest BCUT2D eigenvalue weighted by atomic mass is 9.95. The summed E-state index contributed by atoms with van der Waals surface area (Å²) in [6, 6.07) is 12.8. The van der Waals surface area contributed by atoms with Gasteiger partial charge < -0.3 is 29.0 Å². The smallest absolute Gasteiger partial charge is 0.342 e. The maximum absolute atomic E-state index is 13.6. The predicted octanol–water partition coefficient (Wildman–Crippen LogP) is 5.99. The Labute approximate surface area is 250 Å². The van der Waals surface area contributed by atoms with Crippen LogP contribution in [0.1, 0.15) is 59.8 Å². The van der Waals surface area contributed by atoms with E-state index in [0.29, 0.717) is 6.54 Å². The highest BCUT2D eigenvalue weighted by Crippen LogP contribution is 2.55. The molecule has 42 heavy (non-hydrogen) atoms. The van der Waals surface area contributed by atoms with E-state index < -0.39 is 24.0 Å². The Hall–Kier alpha value is -3.18. The summed E-state index contributed by atoms with van der Waals surface area (Å²) in [5, 5.41) is 19.0. The van der Waals surface area contributed by atoms with Crippen molar-refractivity contribution in [1.82, 2.24) is 14.5 Å². The molecule has 1 fully saturated rings. The minimum atomic E-state index is -1.89. The Kier molecular flexibility index (Phi) is 5.92. The molecule has 0 aliphatic carbocycles. The second-order valence-electron chi connectivity index (χ2n) is 11.3. The van der Waals surface area contributed by atoms with Gasteiger partial charge in [-0.15, -0.1) is 0 Å². The Balaban J connectivity index is 1.58. The molecule has 3 aliphatic heterocycles. The Morgan fingerprint density at radius 1 is 1.02 bits per heavy atom. The molecule has 0 unspecified atom stereocenters. The summed E-state index contributed by atoms with van der Waals surface area (Å²) in [4.78, 5) is 26.8. The van der Waals surface area contributed by atoms with Gasteiger partial charge in [0, 0.05) is 46.0 Å². The van der Waals surface area contributed by atoms with Gasteiger partial charge in [0.05, 0.1) is 34.7 Å². The molecule has 3 aliphatic rings. The minimum Gasteiger partial charge on any atom is -0.467 e. The fraction of sp³-hybridized carbons (Fsp3) is 0.375. The molecule has 0 saturated carbocycles. The largest absolute Gasteiger partial charge is 0.467 e. The molecule has 2 aromatic heterocycles. The molecule has 216 valence electrons. The number of thioether (sulfide) groups is 2. The van der Waals surface area contributed by atoms with Crippen LogP contribution in [-0.2, 0) is 32.3 Å². The molecule has 1 saturated heterocycles. The summed E-state index contributed by atoms with van der Waals surface area (Å²) < 4.78 is 15.9. The van der Waals surface area contributed by atoms with E-state index in [0.717, 1.165) is 77.8 Å². The minimum absolute atomic E-state index is 0.0335. The molecule has 5 aromatic rings. The van der Waals surface area contributed by atoms with E-state index in [1.54, 1.807) is 0 Å². The second-order valence-corrected chi connectivity index (χ2v) is 13.8. The number of hydrogen-bond acceptors (Lipinski definition) is 7. The summed E-state index contributed by atoms with van der Waals surface area (Å²) in [7, 11) is 1.30. The van der Waals surface area contributed by atoms with E-state index in [1.807, 2.05) is 28.1 Å². The van der Waals surface area contributed by atoms with Crippen LogP contribution in [0.4, 0.5) is 0 Å². The number of hydrogen-bond donors (Lipinski definition) is 2. The first-order valence-corrected chi connectivity index (χ1v) is 16.7. The van der Waals surface area contributed by atoms with Crippen molar-refractivity contribution in [2.24, 2.45) is 0 Å². The van der Waals surface area contributed by atoms with E-state index in [-0.39, 0.29) is 12.3 Å². The van der Waals surface area contributed by atoms with Crippen molar-refractivity contribution in [2.75, 3.05) is 18.6 Å². The summed E-state index contributed by atoms with van der Waals surface area (Å²) >= 11 is 3.71. The number of carbonyl (C=O) groups excluding carboxylic acids is 2. The summed E-state index contributed by atoms with van der Waals surface area (Å²) in [6.45, 7) is 4.72. The van der Waals surface area contributed by atoms with Crippen molar-refractivity contribution in [1.29, 1.82) is 0 Å². The van der Waals surface area contributed by atoms with Crippen molar-refractivity contribution >= 4 is 79.0 Å². The fourth-order valence-electron chi connectivity index (χ4n) is 7.33. The fourth-order valence-corrected chi connectivity index (χ4v) is 8.57. The number of nitrogens with one attached hydrogen (secondary N) is 1. The zero-order chi connectivity index (χ0) is 28.9.